The van der Waals surface area contributed by atoms with Crippen LogP contribution >= 0.6 is 0 Å². The molecular weight excluding hydrogens is 426 g/mol. The van der Waals surface area contributed by atoms with Gasteiger partial charge in [-0.3, -0.25) is 0 Å². The highest BCUT2D eigenvalue weighted by molar-refractivity contribution is 6.78. The van der Waals surface area contributed by atoms with E-state index in [1.165, 1.54) is 22.3 Å². The first kappa shape index (κ1) is 27.3. The topological polar surface area (TPSA) is 30.9 Å². The number of rotatable bonds is 11. The van der Waals surface area contributed by atoms with Crippen LogP contribution < -0.4 is 14.1 Å². The molecule has 0 atom stereocenters. The van der Waals surface area contributed by atoms with Gasteiger partial charge in [0.25, 0.3) is 8.32 Å². The van der Waals surface area contributed by atoms with Gasteiger partial charge in [0, 0.05) is 21.2 Å². The van der Waals surface area contributed by atoms with Crippen LogP contribution in [-0.2, 0) is 11.2 Å². The SMILES string of the molecule is COCOc1ccc(Cc2c(C)cc(O[Si](C(C)C)(C(C)C)C(C)C)cc2C)cc1N(C)C. The summed E-state index contributed by atoms with van der Waals surface area (Å²) in [6, 6.07) is 10.9. The number of methoxy groups -OCH3 is 1. The highest BCUT2D eigenvalue weighted by Crippen LogP contribution is 2.43. The lowest BCUT2D eigenvalue weighted by atomic mass is 9.95. The van der Waals surface area contributed by atoms with Crippen molar-refractivity contribution in [3.8, 4) is 11.5 Å². The molecule has 0 unspecified atom stereocenters. The van der Waals surface area contributed by atoms with E-state index in [-0.39, 0.29) is 6.79 Å². The zero-order chi connectivity index (χ0) is 24.9. The van der Waals surface area contributed by atoms with Crippen LogP contribution in [-0.4, -0.2) is 36.3 Å². The Labute approximate surface area is 203 Å². The van der Waals surface area contributed by atoms with Crippen molar-refractivity contribution in [1.29, 1.82) is 0 Å². The number of aryl methyl sites for hydroxylation is 2. The van der Waals surface area contributed by atoms with Gasteiger partial charge in [-0.1, -0.05) is 47.6 Å². The van der Waals surface area contributed by atoms with Gasteiger partial charge in [0.15, 0.2) is 6.79 Å². The quantitative estimate of drug-likeness (QED) is 0.251. The average Bonchev–Trinajstić information content (AvgIpc) is 2.72. The largest absolute Gasteiger partial charge is 0.543 e. The summed E-state index contributed by atoms with van der Waals surface area (Å²) in [5.41, 5.74) is 7.93. The highest BCUT2D eigenvalue weighted by atomic mass is 28.4. The van der Waals surface area contributed by atoms with Crippen LogP contribution in [0.1, 0.15) is 63.8 Å². The van der Waals surface area contributed by atoms with E-state index in [0.29, 0.717) is 16.6 Å². The zero-order valence-corrected chi connectivity index (χ0v) is 23.7. The molecule has 0 amide bonds. The van der Waals surface area contributed by atoms with Crippen LogP contribution in [0.15, 0.2) is 30.3 Å². The first-order chi connectivity index (χ1) is 15.4. The first-order valence-electron chi connectivity index (χ1n) is 12.1. The van der Waals surface area contributed by atoms with Gasteiger partial charge < -0.3 is 18.8 Å². The van der Waals surface area contributed by atoms with E-state index < -0.39 is 8.32 Å². The van der Waals surface area contributed by atoms with E-state index in [1.54, 1.807) is 7.11 Å². The summed E-state index contributed by atoms with van der Waals surface area (Å²) in [5.74, 6) is 1.87. The van der Waals surface area contributed by atoms with Crippen molar-refractivity contribution in [2.75, 3.05) is 32.9 Å². The van der Waals surface area contributed by atoms with E-state index in [0.717, 1.165) is 23.6 Å². The maximum atomic E-state index is 6.96. The molecule has 184 valence electrons. The van der Waals surface area contributed by atoms with Gasteiger partial charge in [0.2, 0.25) is 0 Å². The maximum Gasteiger partial charge on any atom is 0.258 e. The van der Waals surface area contributed by atoms with E-state index in [1.807, 2.05) is 20.2 Å². The minimum Gasteiger partial charge on any atom is -0.543 e. The van der Waals surface area contributed by atoms with Crippen molar-refractivity contribution in [3.63, 3.8) is 0 Å². The summed E-state index contributed by atoms with van der Waals surface area (Å²) >= 11 is 0. The summed E-state index contributed by atoms with van der Waals surface area (Å²) in [6.07, 6.45) is 0.879. The summed E-state index contributed by atoms with van der Waals surface area (Å²) in [7, 11) is 3.74. The van der Waals surface area contributed by atoms with Crippen LogP contribution in [0, 0.1) is 13.8 Å². The van der Waals surface area contributed by atoms with Crippen molar-refractivity contribution in [3.05, 3.63) is 52.6 Å². The number of ether oxygens (including phenoxy) is 2. The third-order valence-electron chi connectivity index (χ3n) is 6.89. The number of nitrogens with zero attached hydrogens (tertiary/aromatic N) is 1. The fraction of sp³-hybridized carbons (Fsp3) is 0.571. The molecule has 0 spiro atoms. The second kappa shape index (κ2) is 11.4. The Morgan fingerprint density at radius 2 is 1.39 bits per heavy atom. The molecule has 0 radical (unpaired) electrons. The lowest BCUT2D eigenvalue weighted by molar-refractivity contribution is 0.0515. The van der Waals surface area contributed by atoms with E-state index >= 15 is 0 Å². The van der Waals surface area contributed by atoms with Gasteiger partial charge in [-0.05, 0) is 83.4 Å². The summed E-state index contributed by atoms with van der Waals surface area (Å²) in [5, 5.41) is 0. The van der Waals surface area contributed by atoms with Crippen molar-refractivity contribution < 1.29 is 13.9 Å². The molecule has 2 aromatic carbocycles. The average molecular weight is 472 g/mol. The summed E-state index contributed by atoms with van der Waals surface area (Å²) < 4.78 is 17.8. The van der Waals surface area contributed by atoms with Gasteiger partial charge >= 0.3 is 0 Å². The van der Waals surface area contributed by atoms with Crippen molar-refractivity contribution in [2.45, 2.75) is 78.4 Å². The number of benzene rings is 2. The predicted octanol–water partition coefficient (Wildman–Crippen LogP) is 7.50. The Balaban J connectivity index is 2.37. The Morgan fingerprint density at radius 3 is 1.85 bits per heavy atom. The zero-order valence-electron chi connectivity index (χ0n) is 22.7. The Morgan fingerprint density at radius 1 is 0.848 bits per heavy atom. The monoisotopic (exact) mass is 471 g/mol. The molecule has 2 aromatic rings. The predicted molar refractivity (Wildman–Crippen MR) is 144 cm³/mol. The molecule has 2 rings (SSSR count). The van der Waals surface area contributed by atoms with Crippen molar-refractivity contribution in [1.82, 2.24) is 0 Å². The third-order valence-corrected chi connectivity index (χ3v) is 12.9. The van der Waals surface area contributed by atoms with Crippen molar-refractivity contribution in [2.24, 2.45) is 0 Å². The molecule has 0 saturated carbocycles. The van der Waals surface area contributed by atoms with Crippen LogP contribution in [0.25, 0.3) is 0 Å². The molecule has 0 aliphatic rings. The molecule has 0 aromatic heterocycles. The van der Waals surface area contributed by atoms with Gasteiger partial charge in [-0.15, -0.1) is 0 Å². The van der Waals surface area contributed by atoms with Gasteiger partial charge in [-0.25, -0.2) is 0 Å². The molecule has 0 fully saturated rings. The van der Waals surface area contributed by atoms with Crippen LogP contribution in [0.4, 0.5) is 5.69 Å². The summed E-state index contributed by atoms with van der Waals surface area (Å²) in [6.45, 7) is 18.7. The summed E-state index contributed by atoms with van der Waals surface area (Å²) in [4.78, 5) is 2.08. The number of anilines is 1. The molecule has 0 aliphatic carbocycles. The minimum absolute atomic E-state index is 0.244. The Kier molecular flexibility index (Phi) is 9.45. The molecule has 0 aliphatic heterocycles. The molecule has 0 heterocycles. The van der Waals surface area contributed by atoms with Gasteiger partial charge in [0.05, 0.1) is 5.69 Å². The molecular formula is C28H45NO3Si. The lowest BCUT2D eigenvalue weighted by Gasteiger charge is -2.42. The fourth-order valence-corrected chi connectivity index (χ4v) is 10.6. The Bertz CT molecular complexity index is 877. The van der Waals surface area contributed by atoms with Crippen molar-refractivity contribution >= 4 is 14.0 Å². The second-order valence-corrected chi connectivity index (χ2v) is 15.8. The molecule has 33 heavy (non-hydrogen) atoms. The van der Waals surface area contributed by atoms with Crippen LogP contribution in [0.5, 0.6) is 11.5 Å². The third kappa shape index (κ3) is 6.13. The normalized spacial score (nSPS) is 12.1. The molecule has 0 N–H and O–H groups in total. The fourth-order valence-electron chi connectivity index (χ4n) is 5.32. The molecule has 5 heteroatoms. The highest BCUT2D eigenvalue weighted by Gasteiger charge is 2.47. The number of hydrogen-bond acceptors (Lipinski definition) is 4. The maximum absolute atomic E-state index is 6.96. The standard InChI is InChI=1S/C28H45NO3Si/c1-19(2)33(20(3)4,21(5)6)32-25-14-22(7)26(23(8)15-25)16-24-12-13-28(31-18-30-11)27(17-24)29(9)10/h12-15,17,19-21H,16,18H2,1-11H3. The van der Waals surface area contributed by atoms with Gasteiger partial charge in [0.1, 0.15) is 11.5 Å². The smallest absolute Gasteiger partial charge is 0.258 e. The molecule has 0 saturated heterocycles. The van der Waals surface area contributed by atoms with E-state index in [4.69, 9.17) is 13.9 Å². The number of hydrogen-bond donors (Lipinski definition) is 0. The minimum atomic E-state index is -1.97. The van der Waals surface area contributed by atoms with Crippen LogP contribution in [0.3, 0.4) is 0 Å². The lowest BCUT2D eigenvalue weighted by Crippen LogP contribution is -2.50. The Hall–Kier alpha value is -1.98. The molecule has 4 nitrogen and oxygen atoms in total. The first-order valence-corrected chi connectivity index (χ1v) is 14.3. The van der Waals surface area contributed by atoms with Crippen LogP contribution in [0.2, 0.25) is 16.6 Å². The van der Waals surface area contributed by atoms with E-state index in [9.17, 15) is 0 Å². The van der Waals surface area contributed by atoms with E-state index in [2.05, 4.69) is 84.6 Å². The second-order valence-electron chi connectivity index (χ2n) is 10.4. The molecule has 0 bridgehead atoms. The van der Waals surface area contributed by atoms with Gasteiger partial charge in [-0.2, -0.15) is 0 Å².